The van der Waals surface area contributed by atoms with Crippen LogP contribution < -0.4 is 15.8 Å². The number of hydrogen-bond donors (Lipinski definition) is 3. The number of H-pyrrole nitrogens is 1. The highest BCUT2D eigenvalue weighted by Crippen LogP contribution is 2.33. The normalized spacial score (nSPS) is 21.6. The van der Waals surface area contributed by atoms with E-state index < -0.39 is 0 Å². The standard InChI is InChI=1S/C21H25N5O3S.ClH/c27-14-5-3-4-13(12-14)22-18-17(20-23-15-6-1-2-7-16(15)30-20)19(28)25-21(24-18)26-8-10-29-11-9-26;/h1-2,6-7,13-14,27H,3-5,8-12H2,(H2,22,24,25,28);1H. The number of halogens is 1. The van der Waals surface area contributed by atoms with Crippen molar-refractivity contribution in [2.45, 2.75) is 37.8 Å². The number of morpholine rings is 1. The van der Waals surface area contributed by atoms with Crippen LogP contribution >= 0.6 is 23.7 Å². The summed E-state index contributed by atoms with van der Waals surface area (Å²) in [6.07, 6.45) is 3.06. The molecule has 2 aromatic heterocycles. The highest BCUT2D eigenvalue weighted by atomic mass is 35.5. The van der Waals surface area contributed by atoms with Gasteiger partial charge in [0.2, 0.25) is 5.95 Å². The summed E-state index contributed by atoms with van der Waals surface area (Å²) >= 11 is 1.49. The third kappa shape index (κ3) is 4.69. The van der Waals surface area contributed by atoms with Crippen molar-refractivity contribution in [1.82, 2.24) is 15.0 Å². The van der Waals surface area contributed by atoms with Crippen LogP contribution in [0, 0.1) is 0 Å². The number of nitrogens with one attached hydrogen (secondary N) is 2. The second-order valence-corrected chi connectivity index (χ2v) is 8.89. The number of aliphatic hydroxyl groups is 1. The predicted molar refractivity (Wildman–Crippen MR) is 126 cm³/mol. The highest BCUT2D eigenvalue weighted by molar-refractivity contribution is 7.21. The predicted octanol–water partition coefficient (Wildman–Crippen LogP) is 3.02. The molecule has 1 aliphatic heterocycles. The summed E-state index contributed by atoms with van der Waals surface area (Å²) < 4.78 is 6.46. The van der Waals surface area contributed by atoms with Gasteiger partial charge in [-0.3, -0.25) is 9.78 Å². The van der Waals surface area contributed by atoms with Crippen LogP contribution in [0.1, 0.15) is 25.7 Å². The molecule has 0 bridgehead atoms. The Labute approximate surface area is 190 Å². The van der Waals surface area contributed by atoms with Crippen LogP contribution in [0.2, 0.25) is 0 Å². The molecule has 1 aromatic carbocycles. The number of rotatable bonds is 4. The van der Waals surface area contributed by atoms with Crippen molar-refractivity contribution < 1.29 is 9.84 Å². The molecule has 2 atom stereocenters. The van der Waals surface area contributed by atoms with Crippen LogP contribution in [0.25, 0.3) is 20.8 Å². The van der Waals surface area contributed by atoms with Gasteiger partial charge in [-0.2, -0.15) is 4.98 Å². The van der Waals surface area contributed by atoms with E-state index in [1.807, 2.05) is 29.2 Å². The molecule has 1 saturated carbocycles. The Morgan fingerprint density at radius 2 is 2.00 bits per heavy atom. The van der Waals surface area contributed by atoms with E-state index in [4.69, 9.17) is 14.7 Å². The quantitative estimate of drug-likeness (QED) is 0.546. The molecule has 2 unspecified atom stereocenters. The molecule has 1 aliphatic carbocycles. The lowest BCUT2D eigenvalue weighted by Crippen LogP contribution is -2.39. The molecule has 31 heavy (non-hydrogen) atoms. The second kappa shape index (κ2) is 9.52. The first-order chi connectivity index (χ1) is 14.7. The van der Waals surface area contributed by atoms with Crippen LogP contribution in [-0.4, -0.2) is 58.5 Å². The van der Waals surface area contributed by atoms with E-state index >= 15 is 0 Å². The van der Waals surface area contributed by atoms with Crippen molar-refractivity contribution in [2.75, 3.05) is 36.5 Å². The van der Waals surface area contributed by atoms with E-state index in [2.05, 4.69) is 10.3 Å². The molecule has 0 amide bonds. The van der Waals surface area contributed by atoms with Gasteiger partial charge in [-0.15, -0.1) is 23.7 Å². The van der Waals surface area contributed by atoms with Gasteiger partial charge in [-0.25, -0.2) is 4.98 Å². The van der Waals surface area contributed by atoms with E-state index in [1.54, 1.807) is 0 Å². The van der Waals surface area contributed by atoms with Gasteiger partial charge < -0.3 is 20.1 Å². The first-order valence-electron chi connectivity index (χ1n) is 10.4. The number of benzene rings is 1. The molecule has 3 heterocycles. The lowest BCUT2D eigenvalue weighted by molar-refractivity contribution is 0.122. The van der Waals surface area contributed by atoms with Crippen molar-refractivity contribution in [1.29, 1.82) is 0 Å². The molecule has 3 aromatic rings. The Morgan fingerprint density at radius 3 is 2.77 bits per heavy atom. The number of thiazole rings is 1. The van der Waals surface area contributed by atoms with Gasteiger partial charge in [-0.05, 0) is 37.8 Å². The molecule has 2 fully saturated rings. The van der Waals surface area contributed by atoms with E-state index in [-0.39, 0.29) is 30.1 Å². The first-order valence-corrected chi connectivity index (χ1v) is 11.3. The number of fused-ring (bicyclic) bond motifs is 1. The van der Waals surface area contributed by atoms with Crippen molar-refractivity contribution in [3.05, 3.63) is 34.6 Å². The summed E-state index contributed by atoms with van der Waals surface area (Å²) in [5.41, 5.74) is 1.13. The van der Waals surface area contributed by atoms with Gasteiger partial charge >= 0.3 is 0 Å². The molecule has 5 rings (SSSR count). The first kappa shape index (κ1) is 22.0. The molecule has 0 radical (unpaired) electrons. The zero-order valence-corrected chi connectivity index (χ0v) is 18.7. The molecular formula is C21H26ClN5O3S. The zero-order chi connectivity index (χ0) is 20.5. The molecule has 1 saturated heterocycles. The van der Waals surface area contributed by atoms with Crippen LogP contribution in [0.4, 0.5) is 11.8 Å². The number of aromatic amines is 1. The Kier molecular flexibility index (Phi) is 6.76. The molecule has 3 N–H and O–H groups in total. The highest BCUT2D eigenvalue weighted by Gasteiger charge is 2.25. The number of nitrogens with zero attached hydrogens (tertiary/aromatic N) is 3. The number of ether oxygens (including phenoxy) is 1. The SMILES string of the molecule is Cl.O=c1[nH]c(N2CCOCC2)nc(NC2CCCC(O)C2)c1-c1nc2ccccc2s1. The van der Waals surface area contributed by atoms with Gasteiger partial charge in [0.1, 0.15) is 16.4 Å². The Hall–Kier alpha value is -2.20. The summed E-state index contributed by atoms with van der Waals surface area (Å²) in [5.74, 6) is 1.09. The van der Waals surface area contributed by atoms with E-state index in [0.717, 1.165) is 29.5 Å². The van der Waals surface area contributed by atoms with Crippen molar-refractivity contribution in [3.8, 4) is 10.6 Å². The van der Waals surface area contributed by atoms with Gasteiger partial charge in [-0.1, -0.05) is 12.1 Å². The fraction of sp³-hybridized carbons (Fsp3) is 0.476. The summed E-state index contributed by atoms with van der Waals surface area (Å²) in [6.45, 7) is 2.60. The summed E-state index contributed by atoms with van der Waals surface area (Å²) in [5, 5.41) is 14.2. The third-order valence-corrected chi connectivity index (χ3v) is 6.77. The van der Waals surface area contributed by atoms with Gasteiger partial charge in [0.05, 0.1) is 29.5 Å². The monoisotopic (exact) mass is 463 g/mol. The van der Waals surface area contributed by atoms with Gasteiger partial charge in [0.15, 0.2) is 0 Å². The molecule has 2 aliphatic rings. The summed E-state index contributed by atoms with van der Waals surface area (Å²) in [7, 11) is 0. The minimum atomic E-state index is -0.317. The summed E-state index contributed by atoms with van der Waals surface area (Å²) in [6, 6.07) is 7.94. The van der Waals surface area contributed by atoms with E-state index in [0.29, 0.717) is 55.1 Å². The molecule has 166 valence electrons. The summed E-state index contributed by atoms with van der Waals surface area (Å²) in [4.78, 5) is 27.7. The van der Waals surface area contributed by atoms with E-state index in [1.165, 1.54) is 11.3 Å². The van der Waals surface area contributed by atoms with Crippen LogP contribution in [0.5, 0.6) is 0 Å². The molecule has 8 nitrogen and oxygen atoms in total. The Morgan fingerprint density at radius 1 is 1.19 bits per heavy atom. The lowest BCUT2D eigenvalue weighted by atomic mass is 9.93. The van der Waals surface area contributed by atoms with E-state index in [9.17, 15) is 9.90 Å². The minimum Gasteiger partial charge on any atom is -0.393 e. The Bertz CT molecular complexity index is 1070. The van der Waals surface area contributed by atoms with Crippen LogP contribution in [0.3, 0.4) is 0 Å². The number of para-hydroxylation sites is 1. The fourth-order valence-corrected chi connectivity index (χ4v) is 5.17. The topological polar surface area (TPSA) is 103 Å². The molecular weight excluding hydrogens is 438 g/mol. The number of hydrogen-bond acceptors (Lipinski definition) is 8. The third-order valence-electron chi connectivity index (χ3n) is 5.71. The largest absolute Gasteiger partial charge is 0.393 e. The van der Waals surface area contributed by atoms with Crippen molar-refractivity contribution in [3.63, 3.8) is 0 Å². The average molecular weight is 464 g/mol. The maximum atomic E-state index is 13.2. The maximum Gasteiger partial charge on any atom is 0.264 e. The average Bonchev–Trinajstić information content (AvgIpc) is 3.17. The minimum absolute atomic E-state index is 0. The number of aromatic nitrogens is 3. The lowest BCUT2D eigenvalue weighted by Gasteiger charge is -2.30. The number of anilines is 2. The van der Waals surface area contributed by atoms with Crippen LogP contribution in [-0.2, 0) is 4.74 Å². The number of aliphatic hydroxyl groups excluding tert-OH is 1. The second-order valence-electron chi connectivity index (χ2n) is 7.86. The van der Waals surface area contributed by atoms with Gasteiger partial charge in [0, 0.05) is 19.1 Å². The smallest absolute Gasteiger partial charge is 0.264 e. The van der Waals surface area contributed by atoms with Crippen molar-refractivity contribution in [2.24, 2.45) is 0 Å². The molecule has 10 heteroatoms. The van der Waals surface area contributed by atoms with Crippen LogP contribution in [0.15, 0.2) is 29.1 Å². The molecule has 0 spiro atoms. The maximum absolute atomic E-state index is 13.2. The fourth-order valence-electron chi connectivity index (χ4n) is 4.16. The zero-order valence-electron chi connectivity index (χ0n) is 17.0. The van der Waals surface area contributed by atoms with Crippen molar-refractivity contribution >= 4 is 45.7 Å². The van der Waals surface area contributed by atoms with Gasteiger partial charge in [0.25, 0.3) is 5.56 Å². The Balaban J connectivity index is 0.00000231.